The third-order valence-corrected chi connectivity index (χ3v) is 5.72. The van der Waals surface area contributed by atoms with Gasteiger partial charge in [-0.1, -0.05) is 6.92 Å². The standard InChI is InChI=1S/C20H26O5/c1-2-15-16(3-11-7-22-11)17(4-12-8-23-12)18(5-13-9-24-13)19(20(15)21)6-14-10-25-14/h11-14,21H,2-10H2,1H3. The van der Waals surface area contributed by atoms with Gasteiger partial charge in [-0.05, 0) is 28.7 Å². The molecule has 4 fully saturated rings. The highest BCUT2D eigenvalue weighted by Crippen LogP contribution is 2.41. The molecule has 5 rings (SSSR count). The number of epoxide rings is 4. The minimum Gasteiger partial charge on any atom is -0.507 e. The normalized spacial score (nSPS) is 31.9. The molecule has 0 saturated carbocycles. The number of hydrogen-bond acceptors (Lipinski definition) is 5. The molecule has 25 heavy (non-hydrogen) atoms. The SMILES string of the molecule is CCc1c(O)c(CC2CO2)c(CC2CO2)c(CC2CO2)c1CC1CO1. The summed E-state index contributed by atoms with van der Waals surface area (Å²) in [5.74, 6) is 0.491. The van der Waals surface area contributed by atoms with Crippen LogP contribution in [0.4, 0.5) is 0 Å². The van der Waals surface area contributed by atoms with Gasteiger partial charge in [-0.25, -0.2) is 0 Å². The molecule has 4 saturated heterocycles. The van der Waals surface area contributed by atoms with Gasteiger partial charge < -0.3 is 24.1 Å². The van der Waals surface area contributed by atoms with E-state index in [1.54, 1.807) is 0 Å². The first-order valence-corrected chi connectivity index (χ1v) is 9.56. The van der Waals surface area contributed by atoms with Crippen LogP contribution < -0.4 is 0 Å². The van der Waals surface area contributed by atoms with Gasteiger partial charge in [-0.3, -0.25) is 0 Å². The van der Waals surface area contributed by atoms with E-state index < -0.39 is 0 Å². The van der Waals surface area contributed by atoms with Crippen molar-refractivity contribution in [2.45, 2.75) is 63.4 Å². The Kier molecular flexibility index (Phi) is 4.01. The van der Waals surface area contributed by atoms with E-state index in [4.69, 9.17) is 18.9 Å². The zero-order valence-electron chi connectivity index (χ0n) is 14.8. The molecule has 1 aromatic rings. The summed E-state index contributed by atoms with van der Waals surface area (Å²) in [5, 5.41) is 11.1. The molecule has 0 amide bonds. The summed E-state index contributed by atoms with van der Waals surface area (Å²) in [4.78, 5) is 0. The highest BCUT2D eigenvalue weighted by atomic mass is 16.6. The maximum Gasteiger partial charge on any atom is 0.122 e. The minimum atomic E-state index is 0.261. The smallest absolute Gasteiger partial charge is 0.122 e. The van der Waals surface area contributed by atoms with Crippen LogP contribution in [-0.4, -0.2) is 55.9 Å². The van der Waals surface area contributed by atoms with Crippen LogP contribution in [0.5, 0.6) is 5.75 Å². The summed E-state index contributed by atoms with van der Waals surface area (Å²) in [5.41, 5.74) is 6.17. The molecule has 4 heterocycles. The first-order valence-electron chi connectivity index (χ1n) is 9.56. The van der Waals surface area contributed by atoms with E-state index in [9.17, 15) is 5.11 Å². The van der Waals surface area contributed by atoms with Crippen LogP contribution in [-0.2, 0) is 51.1 Å². The molecule has 0 aromatic heterocycles. The first-order chi connectivity index (χ1) is 12.2. The summed E-state index contributed by atoms with van der Waals surface area (Å²) in [7, 11) is 0. The fourth-order valence-electron chi connectivity index (χ4n) is 4.01. The maximum atomic E-state index is 11.1. The Balaban J connectivity index is 1.62. The molecule has 4 aliphatic heterocycles. The van der Waals surface area contributed by atoms with E-state index in [1.807, 2.05) is 0 Å². The average Bonchev–Trinajstić information content (AvgIpc) is 3.45. The Labute approximate surface area is 148 Å². The largest absolute Gasteiger partial charge is 0.507 e. The van der Waals surface area contributed by atoms with Gasteiger partial charge in [0, 0.05) is 31.2 Å². The zero-order chi connectivity index (χ0) is 17.0. The Morgan fingerprint density at radius 2 is 0.960 bits per heavy atom. The second-order valence-corrected chi connectivity index (χ2v) is 7.73. The number of hydrogen-bond donors (Lipinski definition) is 1. The van der Waals surface area contributed by atoms with Crippen LogP contribution in [0, 0.1) is 0 Å². The van der Waals surface area contributed by atoms with E-state index >= 15 is 0 Å². The number of aromatic hydroxyl groups is 1. The lowest BCUT2D eigenvalue weighted by Gasteiger charge is -2.23. The molecule has 4 aliphatic rings. The topological polar surface area (TPSA) is 70.3 Å². The highest BCUT2D eigenvalue weighted by molar-refractivity contribution is 5.57. The highest BCUT2D eigenvalue weighted by Gasteiger charge is 2.36. The van der Waals surface area contributed by atoms with Gasteiger partial charge in [0.1, 0.15) is 5.75 Å². The van der Waals surface area contributed by atoms with Crippen LogP contribution in [0.25, 0.3) is 0 Å². The molecule has 0 spiro atoms. The predicted octanol–water partition coefficient (Wildman–Crippen LogP) is 1.72. The predicted molar refractivity (Wildman–Crippen MR) is 91.3 cm³/mol. The summed E-state index contributed by atoms with van der Waals surface area (Å²) < 4.78 is 22.1. The molecular formula is C20H26O5. The molecule has 4 unspecified atom stereocenters. The number of phenolic OH excluding ortho intramolecular Hbond substituents is 1. The van der Waals surface area contributed by atoms with Crippen molar-refractivity contribution < 1.29 is 24.1 Å². The molecule has 5 heteroatoms. The minimum absolute atomic E-state index is 0.261. The second kappa shape index (κ2) is 6.23. The Morgan fingerprint density at radius 3 is 1.32 bits per heavy atom. The van der Waals surface area contributed by atoms with Gasteiger partial charge >= 0.3 is 0 Å². The van der Waals surface area contributed by atoms with Gasteiger partial charge in [0.25, 0.3) is 0 Å². The quantitative estimate of drug-likeness (QED) is 0.690. The Morgan fingerprint density at radius 1 is 0.640 bits per heavy atom. The molecule has 1 N–H and O–H groups in total. The first kappa shape index (κ1) is 16.1. The van der Waals surface area contributed by atoms with E-state index in [0.717, 1.165) is 69.7 Å². The second-order valence-electron chi connectivity index (χ2n) is 7.73. The lowest BCUT2D eigenvalue weighted by molar-refractivity contribution is 0.389. The van der Waals surface area contributed by atoms with Gasteiger partial charge in [0.2, 0.25) is 0 Å². The summed E-state index contributed by atoms with van der Waals surface area (Å²) in [6.45, 7) is 5.45. The number of rotatable bonds is 9. The zero-order valence-corrected chi connectivity index (χ0v) is 14.8. The molecule has 1 aromatic carbocycles. The van der Waals surface area contributed by atoms with E-state index in [2.05, 4.69) is 6.92 Å². The van der Waals surface area contributed by atoms with Gasteiger partial charge in [0.15, 0.2) is 0 Å². The van der Waals surface area contributed by atoms with E-state index in [-0.39, 0.29) is 6.10 Å². The summed E-state index contributed by atoms with van der Waals surface area (Å²) in [6.07, 6.45) is 5.58. The molecule has 5 nitrogen and oxygen atoms in total. The molecule has 136 valence electrons. The van der Waals surface area contributed by atoms with Crippen molar-refractivity contribution in [3.63, 3.8) is 0 Å². The molecule has 4 atom stereocenters. The van der Waals surface area contributed by atoms with Crippen molar-refractivity contribution >= 4 is 0 Å². The van der Waals surface area contributed by atoms with Crippen LogP contribution in [0.1, 0.15) is 34.7 Å². The van der Waals surface area contributed by atoms with Crippen molar-refractivity contribution in [3.8, 4) is 5.75 Å². The van der Waals surface area contributed by atoms with E-state index in [0.29, 0.717) is 24.1 Å². The average molecular weight is 346 g/mol. The fraction of sp³-hybridized carbons (Fsp3) is 0.700. The molecular weight excluding hydrogens is 320 g/mol. The van der Waals surface area contributed by atoms with Crippen molar-refractivity contribution in [2.75, 3.05) is 26.4 Å². The molecule has 0 bridgehead atoms. The lowest BCUT2D eigenvalue weighted by atomic mass is 9.82. The third-order valence-electron chi connectivity index (χ3n) is 5.72. The van der Waals surface area contributed by atoms with Crippen LogP contribution in [0.3, 0.4) is 0 Å². The van der Waals surface area contributed by atoms with E-state index in [1.165, 1.54) is 16.7 Å². The molecule has 0 radical (unpaired) electrons. The van der Waals surface area contributed by atoms with Gasteiger partial charge in [-0.15, -0.1) is 0 Å². The number of benzene rings is 1. The van der Waals surface area contributed by atoms with Crippen LogP contribution >= 0.6 is 0 Å². The summed E-state index contributed by atoms with van der Waals surface area (Å²) in [6, 6.07) is 0. The lowest BCUT2D eigenvalue weighted by Crippen LogP contribution is -2.15. The van der Waals surface area contributed by atoms with Crippen LogP contribution in [0.2, 0.25) is 0 Å². The number of ether oxygens (including phenoxy) is 4. The van der Waals surface area contributed by atoms with Crippen molar-refractivity contribution in [3.05, 3.63) is 27.8 Å². The van der Waals surface area contributed by atoms with Gasteiger partial charge in [0.05, 0.1) is 50.8 Å². The van der Waals surface area contributed by atoms with Crippen molar-refractivity contribution in [1.82, 2.24) is 0 Å². The van der Waals surface area contributed by atoms with Crippen molar-refractivity contribution in [1.29, 1.82) is 0 Å². The Hall–Kier alpha value is -1.14. The fourth-order valence-corrected chi connectivity index (χ4v) is 4.01. The third kappa shape index (κ3) is 3.56. The van der Waals surface area contributed by atoms with Gasteiger partial charge in [-0.2, -0.15) is 0 Å². The monoisotopic (exact) mass is 346 g/mol. The summed E-state index contributed by atoms with van der Waals surface area (Å²) >= 11 is 0. The maximum absolute atomic E-state index is 11.1. The van der Waals surface area contributed by atoms with Crippen LogP contribution in [0.15, 0.2) is 0 Å². The molecule has 0 aliphatic carbocycles. The Bertz CT molecular complexity index is 669. The van der Waals surface area contributed by atoms with Crippen molar-refractivity contribution in [2.24, 2.45) is 0 Å². The number of phenols is 1.